The molecule has 0 aliphatic heterocycles. The maximum absolute atomic E-state index is 5.92. The molecule has 0 unspecified atom stereocenters. The van der Waals surface area contributed by atoms with Crippen molar-refractivity contribution in [2.45, 2.75) is 0 Å². The molecule has 0 saturated heterocycles. The van der Waals surface area contributed by atoms with Crippen LogP contribution >= 0.6 is 38.9 Å². The second-order valence-electron chi connectivity index (χ2n) is 3.31. The fourth-order valence-electron chi connectivity index (χ4n) is 1.39. The number of aromatic nitrogens is 5. The molecule has 18 heavy (non-hydrogen) atoms. The van der Waals surface area contributed by atoms with Crippen molar-refractivity contribution in [2.24, 2.45) is 0 Å². The molecule has 0 N–H and O–H groups in total. The minimum atomic E-state index is 0.142. The monoisotopic (exact) mass is 341 g/mol. The molecule has 8 heteroatoms. The van der Waals surface area contributed by atoms with E-state index in [4.69, 9.17) is 11.6 Å². The third-order valence-electron chi connectivity index (χ3n) is 2.16. The van der Waals surface area contributed by atoms with E-state index in [-0.39, 0.29) is 5.28 Å². The van der Waals surface area contributed by atoms with Crippen molar-refractivity contribution >= 4 is 38.9 Å². The fourth-order valence-corrected chi connectivity index (χ4v) is 3.00. The topological polar surface area (TPSA) is 56.5 Å². The van der Waals surface area contributed by atoms with Crippen molar-refractivity contribution in [3.05, 3.63) is 39.0 Å². The van der Waals surface area contributed by atoms with E-state index >= 15 is 0 Å². The zero-order chi connectivity index (χ0) is 12.5. The smallest absolute Gasteiger partial charge is 0.206 e. The second kappa shape index (κ2) is 4.75. The predicted octanol–water partition coefficient (Wildman–Crippen LogP) is 3.20. The Kier molecular flexibility index (Phi) is 3.11. The average Bonchev–Trinajstić information content (AvgIpc) is 2.98. The van der Waals surface area contributed by atoms with E-state index in [0.29, 0.717) is 11.8 Å². The lowest BCUT2D eigenvalue weighted by molar-refractivity contribution is 0.798. The first-order valence-corrected chi connectivity index (χ1v) is 6.99. The summed E-state index contributed by atoms with van der Waals surface area (Å²) in [5.41, 5.74) is 0.887. The molecule has 0 radical (unpaired) electrons. The molecule has 0 amide bonds. The van der Waals surface area contributed by atoms with Crippen LogP contribution in [-0.4, -0.2) is 24.7 Å². The van der Waals surface area contributed by atoms with Gasteiger partial charge in [0.15, 0.2) is 5.82 Å². The van der Waals surface area contributed by atoms with Gasteiger partial charge in [-0.2, -0.15) is 31.4 Å². The lowest BCUT2D eigenvalue weighted by Crippen LogP contribution is -2.04. The van der Waals surface area contributed by atoms with Gasteiger partial charge in [-0.3, -0.25) is 0 Å². The Morgan fingerprint density at radius 2 is 2.11 bits per heavy atom. The summed E-state index contributed by atoms with van der Waals surface area (Å²) in [5, 5.41) is 8.12. The van der Waals surface area contributed by atoms with Crippen LogP contribution in [-0.2, 0) is 0 Å². The molecule has 0 saturated carbocycles. The molecule has 3 aromatic heterocycles. The van der Waals surface area contributed by atoms with Crippen molar-refractivity contribution in [2.75, 3.05) is 0 Å². The second-order valence-corrected chi connectivity index (χ2v) is 5.25. The molecule has 3 aromatic rings. The van der Waals surface area contributed by atoms with E-state index in [1.54, 1.807) is 29.8 Å². The minimum absolute atomic E-state index is 0.142. The number of nitrogens with zero attached hydrogens (tertiary/aromatic N) is 5. The molecule has 0 atom stereocenters. The molecule has 90 valence electrons. The van der Waals surface area contributed by atoms with Gasteiger partial charge in [-0.25, -0.2) is 4.68 Å². The highest BCUT2D eigenvalue weighted by Crippen LogP contribution is 2.29. The summed E-state index contributed by atoms with van der Waals surface area (Å²) in [4.78, 5) is 12.5. The lowest BCUT2D eigenvalue weighted by Gasteiger charge is -2.03. The van der Waals surface area contributed by atoms with E-state index in [1.165, 1.54) is 4.68 Å². The maximum atomic E-state index is 5.92. The van der Waals surface area contributed by atoms with Gasteiger partial charge in [0.05, 0.1) is 0 Å². The van der Waals surface area contributed by atoms with Gasteiger partial charge in [0.1, 0.15) is 0 Å². The van der Waals surface area contributed by atoms with Crippen molar-refractivity contribution < 1.29 is 0 Å². The zero-order valence-electron chi connectivity index (χ0n) is 8.79. The summed E-state index contributed by atoms with van der Waals surface area (Å²) in [6.07, 6.45) is 3.40. The van der Waals surface area contributed by atoms with Gasteiger partial charge in [-0.1, -0.05) is 0 Å². The highest BCUT2D eigenvalue weighted by Gasteiger charge is 2.12. The molecule has 3 rings (SSSR count). The Labute approximate surface area is 120 Å². The first-order valence-electron chi connectivity index (χ1n) is 4.88. The summed E-state index contributed by atoms with van der Waals surface area (Å²) in [6.45, 7) is 0. The van der Waals surface area contributed by atoms with Crippen molar-refractivity contribution in [3.8, 4) is 17.3 Å². The summed E-state index contributed by atoms with van der Waals surface area (Å²) < 4.78 is 2.47. The molecule has 0 aliphatic carbocycles. The van der Waals surface area contributed by atoms with Crippen LogP contribution < -0.4 is 0 Å². The quantitative estimate of drug-likeness (QED) is 0.717. The first kappa shape index (κ1) is 11.8. The van der Waals surface area contributed by atoms with Crippen LogP contribution in [0.2, 0.25) is 5.28 Å². The highest BCUT2D eigenvalue weighted by molar-refractivity contribution is 9.10. The molecule has 0 aliphatic rings. The number of thiophene rings is 1. The zero-order valence-corrected chi connectivity index (χ0v) is 11.9. The third kappa shape index (κ3) is 2.16. The molecule has 0 spiro atoms. The molecule has 5 nitrogen and oxygen atoms in total. The van der Waals surface area contributed by atoms with Gasteiger partial charge in [-0.05, 0) is 33.6 Å². The molecular weight excluding hydrogens is 338 g/mol. The number of rotatable bonds is 2. The van der Waals surface area contributed by atoms with Crippen molar-refractivity contribution in [1.82, 2.24) is 24.7 Å². The van der Waals surface area contributed by atoms with Crippen molar-refractivity contribution in [1.29, 1.82) is 0 Å². The fraction of sp³-hybridized carbons (Fsp3) is 0. The Hall–Kier alpha value is -1.31. The Morgan fingerprint density at radius 1 is 1.22 bits per heavy atom. The maximum Gasteiger partial charge on any atom is 0.255 e. The lowest BCUT2D eigenvalue weighted by atomic mass is 10.3. The number of hydrogen-bond donors (Lipinski definition) is 0. The van der Waals surface area contributed by atoms with Crippen LogP contribution in [0.25, 0.3) is 17.3 Å². The predicted molar refractivity (Wildman–Crippen MR) is 73.0 cm³/mol. The van der Waals surface area contributed by atoms with Crippen LogP contribution in [0.5, 0.6) is 0 Å². The van der Waals surface area contributed by atoms with Crippen LogP contribution in [0.1, 0.15) is 0 Å². The standard InChI is InChI=1S/C10H5BrClN5S/c11-7-5-18-4-6(7)8-14-9(12)16-10(15-8)17-3-1-2-13-17/h1-5H. The summed E-state index contributed by atoms with van der Waals surface area (Å²) in [7, 11) is 0. The van der Waals surface area contributed by atoms with Gasteiger partial charge < -0.3 is 0 Å². The summed E-state index contributed by atoms with van der Waals surface area (Å²) >= 11 is 10.9. The Bertz CT molecular complexity index is 681. The molecule has 0 aromatic carbocycles. The van der Waals surface area contributed by atoms with E-state index < -0.39 is 0 Å². The van der Waals surface area contributed by atoms with Crippen LogP contribution in [0, 0.1) is 0 Å². The molecule has 0 fully saturated rings. The van der Waals surface area contributed by atoms with Gasteiger partial charge >= 0.3 is 0 Å². The average molecular weight is 343 g/mol. The van der Waals surface area contributed by atoms with Crippen molar-refractivity contribution in [3.63, 3.8) is 0 Å². The van der Waals surface area contributed by atoms with E-state index in [0.717, 1.165) is 10.0 Å². The molecular formula is C10H5BrClN5S. The van der Waals surface area contributed by atoms with E-state index in [9.17, 15) is 0 Å². The third-order valence-corrected chi connectivity index (χ3v) is 4.03. The molecule has 3 heterocycles. The number of hydrogen-bond acceptors (Lipinski definition) is 5. The van der Waals surface area contributed by atoms with Crippen LogP contribution in [0.15, 0.2) is 33.7 Å². The highest BCUT2D eigenvalue weighted by atomic mass is 79.9. The Balaban J connectivity index is 2.15. The summed E-state index contributed by atoms with van der Waals surface area (Å²) in [5.74, 6) is 0.918. The van der Waals surface area contributed by atoms with Gasteiger partial charge in [0.2, 0.25) is 5.28 Å². The van der Waals surface area contributed by atoms with Gasteiger partial charge in [0, 0.05) is 33.2 Å². The minimum Gasteiger partial charge on any atom is -0.206 e. The Morgan fingerprint density at radius 3 is 2.78 bits per heavy atom. The SMILES string of the molecule is Clc1nc(-c2cscc2Br)nc(-n2cccn2)n1. The first-order chi connectivity index (χ1) is 8.74. The normalized spacial score (nSPS) is 10.8. The van der Waals surface area contributed by atoms with Gasteiger partial charge in [0.25, 0.3) is 5.95 Å². The van der Waals surface area contributed by atoms with Crippen LogP contribution in [0.4, 0.5) is 0 Å². The van der Waals surface area contributed by atoms with Crippen LogP contribution in [0.3, 0.4) is 0 Å². The molecule has 0 bridgehead atoms. The largest absolute Gasteiger partial charge is 0.255 e. The number of halogens is 2. The van der Waals surface area contributed by atoms with E-state index in [2.05, 4.69) is 36.0 Å². The summed E-state index contributed by atoms with van der Waals surface area (Å²) in [6, 6.07) is 1.79. The van der Waals surface area contributed by atoms with Gasteiger partial charge in [-0.15, -0.1) is 0 Å². The van der Waals surface area contributed by atoms with E-state index in [1.807, 2.05) is 10.8 Å².